The summed E-state index contributed by atoms with van der Waals surface area (Å²) in [6.07, 6.45) is 2.56. The van der Waals surface area contributed by atoms with Crippen molar-refractivity contribution >= 4 is 11.7 Å². The molecule has 4 nitrogen and oxygen atoms in total. The van der Waals surface area contributed by atoms with Crippen LogP contribution in [0.4, 0.5) is 13.2 Å². The van der Waals surface area contributed by atoms with Gasteiger partial charge in [-0.1, -0.05) is 12.1 Å². The minimum Gasteiger partial charge on any atom is -0.347 e. The summed E-state index contributed by atoms with van der Waals surface area (Å²) in [5.41, 5.74) is -1.00. The van der Waals surface area contributed by atoms with Crippen LogP contribution >= 0.6 is 0 Å². The highest BCUT2D eigenvalue weighted by atomic mass is 19.4. The number of halogens is 3. The predicted octanol–water partition coefficient (Wildman–Crippen LogP) is 3.91. The number of hydrogen-bond donors (Lipinski definition) is 0. The van der Waals surface area contributed by atoms with Gasteiger partial charge >= 0.3 is 6.18 Å². The lowest BCUT2D eigenvalue weighted by Crippen LogP contribution is -2.61. The first-order chi connectivity index (χ1) is 13.1. The molecule has 0 aromatic heterocycles. The molecule has 1 unspecified atom stereocenters. The van der Waals surface area contributed by atoms with Crippen LogP contribution in [0.5, 0.6) is 0 Å². The normalized spacial score (nSPS) is 21.8. The zero-order valence-corrected chi connectivity index (χ0v) is 15.7. The molecule has 0 radical (unpaired) electrons. The van der Waals surface area contributed by atoms with Gasteiger partial charge in [-0.15, -0.1) is 0 Å². The number of hydrogen-bond acceptors (Lipinski definition) is 3. The molecule has 28 heavy (non-hydrogen) atoms. The summed E-state index contributed by atoms with van der Waals surface area (Å²) >= 11 is 0. The highest BCUT2D eigenvalue weighted by molar-refractivity contribution is 6.01. The van der Waals surface area contributed by atoms with Crippen LogP contribution in [0.25, 0.3) is 0 Å². The van der Waals surface area contributed by atoms with Crippen LogP contribution in [0.2, 0.25) is 0 Å². The summed E-state index contributed by atoms with van der Waals surface area (Å²) in [5.74, 6) is -0.638. The molecular weight excluding hydrogens is 371 g/mol. The van der Waals surface area contributed by atoms with Crippen molar-refractivity contribution in [1.82, 2.24) is 4.90 Å². The molecule has 1 heterocycles. The average molecular weight is 393 g/mol. The second-order valence-corrected chi connectivity index (χ2v) is 7.36. The number of alkyl halides is 3. The maximum atomic E-state index is 13.1. The maximum absolute atomic E-state index is 13.1. The number of rotatable bonds is 4. The van der Waals surface area contributed by atoms with Gasteiger partial charge in [-0.05, 0) is 68.7 Å². The first-order valence-electron chi connectivity index (χ1n) is 9.18. The Morgan fingerprint density at radius 1 is 1.14 bits per heavy atom. The van der Waals surface area contributed by atoms with Crippen LogP contribution in [0.1, 0.15) is 31.4 Å². The van der Waals surface area contributed by atoms with Crippen molar-refractivity contribution in [3.8, 4) is 0 Å². The summed E-state index contributed by atoms with van der Waals surface area (Å²) in [5, 5.41) is 0. The number of nitrogens with zero attached hydrogens (tertiary/aromatic N) is 1. The Morgan fingerprint density at radius 2 is 1.75 bits per heavy atom. The highest BCUT2D eigenvalue weighted by Gasteiger charge is 2.46. The largest absolute Gasteiger partial charge is 0.416 e. The van der Waals surface area contributed by atoms with Gasteiger partial charge in [-0.25, -0.2) is 0 Å². The van der Waals surface area contributed by atoms with E-state index in [0.29, 0.717) is 12.8 Å². The van der Waals surface area contributed by atoms with Gasteiger partial charge in [0.15, 0.2) is 11.5 Å². The maximum Gasteiger partial charge on any atom is 0.416 e. The molecule has 0 bridgehead atoms. The molecule has 2 aliphatic rings. The van der Waals surface area contributed by atoms with E-state index in [-0.39, 0.29) is 24.3 Å². The number of ether oxygens (including phenoxy) is 1. The molecule has 1 fully saturated rings. The van der Waals surface area contributed by atoms with Gasteiger partial charge in [-0.3, -0.25) is 9.59 Å². The van der Waals surface area contributed by atoms with Crippen molar-refractivity contribution in [3.05, 3.63) is 59.7 Å². The third-order valence-electron chi connectivity index (χ3n) is 5.03. The van der Waals surface area contributed by atoms with E-state index in [9.17, 15) is 22.8 Å². The van der Waals surface area contributed by atoms with Crippen molar-refractivity contribution < 1.29 is 27.5 Å². The van der Waals surface area contributed by atoms with Crippen LogP contribution in [0, 0.1) is 5.92 Å². The molecule has 1 aliphatic heterocycles. The second kappa shape index (κ2) is 7.54. The molecule has 1 aliphatic carbocycles. The molecule has 0 N–H and O–H groups in total. The highest BCUT2D eigenvalue weighted by Crippen LogP contribution is 2.34. The van der Waals surface area contributed by atoms with Crippen LogP contribution in [0.3, 0.4) is 0 Å². The smallest absolute Gasteiger partial charge is 0.347 e. The van der Waals surface area contributed by atoms with Crippen molar-refractivity contribution in [2.24, 2.45) is 5.92 Å². The van der Waals surface area contributed by atoms with E-state index in [1.165, 1.54) is 24.3 Å². The van der Waals surface area contributed by atoms with Gasteiger partial charge in [0.2, 0.25) is 5.91 Å². The van der Waals surface area contributed by atoms with Crippen LogP contribution in [-0.4, -0.2) is 35.0 Å². The Morgan fingerprint density at radius 3 is 2.29 bits per heavy atom. The minimum absolute atomic E-state index is 0.0863. The fourth-order valence-corrected chi connectivity index (χ4v) is 3.58. The third-order valence-corrected chi connectivity index (χ3v) is 5.03. The van der Waals surface area contributed by atoms with Crippen molar-refractivity contribution in [3.63, 3.8) is 0 Å². The number of allylic oxidation sites excluding steroid dienone is 2. The summed E-state index contributed by atoms with van der Waals surface area (Å²) in [4.78, 5) is 26.1. The zero-order chi connectivity index (χ0) is 20.5. The van der Waals surface area contributed by atoms with Gasteiger partial charge in [0.25, 0.3) is 0 Å². The topological polar surface area (TPSA) is 46.6 Å². The zero-order valence-electron chi connectivity index (χ0n) is 15.7. The Bertz CT molecular complexity index is 793. The number of ketones is 1. The first-order valence-corrected chi connectivity index (χ1v) is 9.18. The number of carbonyl (C=O) groups is 2. The molecule has 7 heteroatoms. The van der Waals surface area contributed by atoms with Crippen LogP contribution in [0.15, 0.2) is 48.6 Å². The molecule has 1 saturated heterocycles. The molecule has 150 valence electrons. The molecule has 1 aromatic rings. The van der Waals surface area contributed by atoms with Gasteiger partial charge in [-0.2, -0.15) is 13.2 Å². The second-order valence-electron chi connectivity index (χ2n) is 7.36. The van der Waals surface area contributed by atoms with Gasteiger partial charge in [0, 0.05) is 6.04 Å². The monoisotopic (exact) mass is 393 g/mol. The lowest BCUT2D eigenvalue weighted by atomic mass is 9.92. The van der Waals surface area contributed by atoms with E-state index < -0.39 is 23.4 Å². The molecule has 1 amide bonds. The van der Waals surface area contributed by atoms with E-state index >= 15 is 0 Å². The van der Waals surface area contributed by atoms with E-state index in [0.717, 1.165) is 17.7 Å². The lowest BCUT2D eigenvalue weighted by Gasteiger charge is -2.48. The summed E-state index contributed by atoms with van der Waals surface area (Å²) < 4.78 is 44.0. The van der Waals surface area contributed by atoms with Crippen LogP contribution in [-0.2, 0) is 26.9 Å². The minimum atomic E-state index is -4.36. The summed E-state index contributed by atoms with van der Waals surface area (Å²) in [6, 6.07) is 4.84. The average Bonchev–Trinajstić information content (AvgIpc) is 2.63. The Balaban J connectivity index is 1.70. The third kappa shape index (κ3) is 4.04. The first kappa shape index (κ1) is 20.3. The van der Waals surface area contributed by atoms with E-state index in [1.807, 2.05) is 13.8 Å². The lowest BCUT2D eigenvalue weighted by molar-refractivity contribution is -0.186. The van der Waals surface area contributed by atoms with Crippen molar-refractivity contribution in [1.29, 1.82) is 0 Å². The van der Waals surface area contributed by atoms with E-state index in [4.69, 9.17) is 4.74 Å². The molecule has 1 atom stereocenters. The molecule has 3 rings (SSSR count). The summed E-state index contributed by atoms with van der Waals surface area (Å²) in [6.45, 7) is 3.93. The SMILES string of the molecule is CC(C)N1C(=O)C(CCc2ccc(C(F)(F)F)cc2)COC12C=CC(=O)C=C2. The molecule has 1 aromatic carbocycles. The fourth-order valence-electron chi connectivity index (χ4n) is 3.58. The van der Waals surface area contributed by atoms with Gasteiger partial charge in [0.05, 0.1) is 18.1 Å². The van der Waals surface area contributed by atoms with Gasteiger partial charge in [0.1, 0.15) is 0 Å². The molecular formula is C21H22F3NO3. The fraction of sp³-hybridized carbons (Fsp3) is 0.429. The Kier molecular flexibility index (Phi) is 5.48. The predicted molar refractivity (Wildman–Crippen MR) is 97.2 cm³/mol. The quantitative estimate of drug-likeness (QED) is 0.779. The van der Waals surface area contributed by atoms with Crippen molar-refractivity contribution in [2.45, 2.75) is 44.6 Å². The Labute approximate surface area is 161 Å². The van der Waals surface area contributed by atoms with E-state index in [1.54, 1.807) is 17.1 Å². The van der Waals surface area contributed by atoms with E-state index in [2.05, 4.69) is 0 Å². The number of benzene rings is 1. The van der Waals surface area contributed by atoms with Gasteiger partial charge < -0.3 is 9.64 Å². The molecule has 1 spiro atoms. The number of carbonyl (C=O) groups excluding carboxylic acids is 2. The van der Waals surface area contributed by atoms with Crippen LogP contribution < -0.4 is 0 Å². The standard InChI is InChI=1S/C21H22F3NO3/c1-14(2)25-19(27)16(13-28-20(25)11-9-18(26)10-12-20)6-3-15-4-7-17(8-5-15)21(22,23)24/h4-5,7-12,14,16H,3,6,13H2,1-2H3. The number of amides is 1. The summed E-state index contributed by atoms with van der Waals surface area (Å²) in [7, 11) is 0. The number of aryl methyl sites for hydroxylation is 1. The Hall–Kier alpha value is -2.41. The molecule has 0 saturated carbocycles. The van der Waals surface area contributed by atoms with Crippen molar-refractivity contribution in [2.75, 3.05) is 6.61 Å².